The number of likely N-dealkylation sites (tertiary alicyclic amines) is 1. The van der Waals surface area contributed by atoms with Gasteiger partial charge < -0.3 is 15.5 Å². The van der Waals surface area contributed by atoms with E-state index < -0.39 is 0 Å². The Hall–Kier alpha value is -1.11. The van der Waals surface area contributed by atoms with Gasteiger partial charge in [0.2, 0.25) is 5.91 Å². The number of hydrogen-bond donors (Lipinski definition) is 2. The summed E-state index contributed by atoms with van der Waals surface area (Å²) in [6.07, 6.45) is 1.45. The van der Waals surface area contributed by atoms with Gasteiger partial charge in [-0.05, 0) is 51.1 Å². The molecule has 2 N–H and O–H groups in total. The third kappa shape index (κ3) is 5.76. The topological polar surface area (TPSA) is 61.4 Å². The van der Waals surface area contributed by atoms with E-state index in [-0.39, 0.29) is 36.2 Å². The Kier molecular flexibility index (Phi) is 8.73. The third-order valence-electron chi connectivity index (χ3n) is 4.32. The largest absolute Gasteiger partial charge is 0.354 e. The first-order valence-corrected chi connectivity index (χ1v) is 8.80. The van der Waals surface area contributed by atoms with Crippen molar-refractivity contribution in [1.82, 2.24) is 15.5 Å². The van der Waals surface area contributed by atoms with Crippen LogP contribution in [0.5, 0.6) is 0 Å². The molecular formula is C17H25BrClN3O2. The first-order valence-electron chi connectivity index (χ1n) is 8.01. The van der Waals surface area contributed by atoms with Gasteiger partial charge in [-0.3, -0.25) is 9.59 Å². The van der Waals surface area contributed by atoms with Crippen LogP contribution in [0.3, 0.4) is 0 Å². The summed E-state index contributed by atoms with van der Waals surface area (Å²) < 4.78 is 0.959. The molecule has 1 aromatic rings. The summed E-state index contributed by atoms with van der Waals surface area (Å²) in [6.45, 7) is 3.93. The van der Waals surface area contributed by atoms with Gasteiger partial charge in [-0.2, -0.15) is 0 Å². The predicted molar refractivity (Wildman–Crippen MR) is 102 cm³/mol. The lowest BCUT2D eigenvalue weighted by Crippen LogP contribution is -2.45. The zero-order valence-electron chi connectivity index (χ0n) is 14.0. The third-order valence-corrected chi connectivity index (χ3v) is 4.85. The first-order chi connectivity index (χ1) is 11.0. The van der Waals surface area contributed by atoms with Gasteiger partial charge in [0.15, 0.2) is 0 Å². The van der Waals surface area contributed by atoms with Crippen LogP contribution < -0.4 is 10.6 Å². The minimum absolute atomic E-state index is 0. The van der Waals surface area contributed by atoms with E-state index in [1.54, 1.807) is 0 Å². The SMILES string of the molecule is CNC(C)CNC(=O)C1CCN(C(=O)c2ccc(Br)cc2)CC1.Cl. The molecular weight excluding hydrogens is 394 g/mol. The van der Waals surface area contributed by atoms with Crippen LogP contribution in [0, 0.1) is 5.92 Å². The number of nitrogens with zero attached hydrogens (tertiary/aromatic N) is 1. The van der Waals surface area contributed by atoms with Crippen LogP contribution in [-0.4, -0.2) is 49.4 Å². The Bertz CT molecular complexity index is 545. The van der Waals surface area contributed by atoms with Gasteiger partial charge in [0, 0.05) is 41.6 Å². The highest BCUT2D eigenvalue weighted by Gasteiger charge is 2.27. The van der Waals surface area contributed by atoms with E-state index in [1.807, 2.05) is 43.1 Å². The normalized spacial score (nSPS) is 16.2. The molecule has 0 aromatic heterocycles. The molecule has 1 saturated heterocycles. The van der Waals surface area contributed by atoms with Crippen molar-refractivity contribution in [3.05, 3.63) is 34.3 Å². The molecule has 0 bridgehead atoms. The van der Waals surface area contributed by atoms with E-state index in [0.717, 1.165) is 17.3 Å². The highest BCUT2D eigenvalue weighted by molar-refractivity contribution is 9.10. The Morgan fingerprint density at radius 1 is 1.25 bits per heavy atom. The summed E-state index contributed by atoms with van der Waals surface area (Å²) in [5, 5.41) is 6.07. The summed E-state index contributed by atoms with van der Waals surface area (Å²) >= 11 is 3.37. The summed E-state index contributed by atoms with van der Waals surface area (Å²) in [7, 11) is 1.88. The highest BCUT2D eigenvalue weighted by Crippen LogP contribution is 2.20. The lowest BCUT2D eigenvalue weighted by atomic mass is 9.95. The Morgan fingerprint density at radius 3 is 2.38 bits per heavy atom. The van der Waals surface area contributed by atoms with Gasteiger partial charge in [0.25, 0.3) is 5.91 Å². The van der Waals surface area contributed by atoms with Crippen molar-refractivity contribution in [2.75, 3.05) is 26.7 Å². The summed E-state index contributed by atoms with van der Waals surface area (Å²) in [4.78, 5) is 26.4. The summed E-state index contributed by atoms with van der Waals surface area (Å²) in [5.41, 5.74) is 0.693. The van der Waals surface area contributed by atoms with Crippen LogP contribution in [0.1, 0.15) is 30.1 Å². The second kappa shape index (κ2) is 10.0. The number of hydrogen-bond acceptors (Lipinski definition) is 3. The molecule has 2 rings (SSSR count). The number of benzene rings is 1. The fourth-order valence-corrected chi connectivity index (χ4v) is 2.88. The van der Waals surface area contributed by atoms with E-state index in [1.165, 1.54) is 0 Å². The number of amides is 2. The molecule has 5 nitrogen and oxygen atoms in total. The molecule has 2 amide bonds. The van der Waals surface area contributed by atoms with Crippen molar-refractivity contribution in [1.29, 1.82) is 0 Å². The molecule has 1 heterocycles. The Balaban J connectivity index is 0.00000288. The number of piperidine rings is 1. The second-order valence-corrected chi connectivity index (χ2v) is 6.92. The van der Waals surface area contributed by atoms with Gasteiger partial charge in [0.05, 0.1) is 0 Å². The van der Waals surface area contributed by atoms with Crippen LogP contribution in [0.25, 0.3) is 0 Å². The average molecular weight is 419 g/mol. The number of carbonyl (C=O) groups excluding carboxylic acids is 2. The molecule has 134 valence electrons. The molecule has 1 atom stereocenters. The molecule has 0 aliphatic carbocycles. The van der Waals surface area contributed by atoms with Crippen molar-refractivity contribution in [2.45, 2.75) is 25.8 Å². The fraction of sp³-hybridized carbons (Fsp3) is 0.529. The Morgan fingerprint density at radius 2 is 1.83 bits per heavy atom. The van der Waals surface area contributed by atoms with Crippen molar-refractivity contribution in [3.8, 4) is 0 Å². The monoisotopic (exact) mass is 417 g/mol. The van der Waals surface area contributed by atoms with Crippen LogP contribution >= 0.6 is 28.3 Å². The van der Waals surface area contributed by atoms with Crippen LogP contribution in [-0.2, 0) is 4.79 Å². The highest BCUT2D eigenvalue weighted by atomic mass is 79.9. The molecule has 1 aromatic carbocycles. The summed E-state index contributed by atoms with van der Waals surface area (Å²) in [5.74, 6) is 0.149. The van der Waals surface area contributed by atoms with Crippen LogP contribution in [0.4, 0.5) is 0 Å². The second-order valence-electron chi connectivity index (χ2n) is 6.01. The van der Waals surface area contributed by atoms with E-state index in [2.05, 4.69) is 26.6 Å². The van der Waals surface area contributed by atoms with E-state index in [0.29, 0.717) is 25.2 Å². The first kappa shape index (κ1) is 20.9. The van der Waals surface area contributed by atoms with Crippen molar-refractivity contribution >= 4 is 40.2 Å². The molecule has 1 aliphatic rings. The van der Waals surface area contributed by atoms with Gasteiger partial charge in [-0.15, -0.1) is 12.4 Å². The number of likely N-dealkylation sites (N-methyl/N-ethyl adjacent to an activating group) is 1. The molecule has 7 heteroatoms. The molecule has 1 fully saturated rings. The molecule has 1 aliphatic heterocycles. The zero-order chi connectivity index (χ0) is 16.8. The number of halogens is 2. The maximum Gasteiger partial charge on any atom is 0.253 e. The number of nitrogens with one attached hydrogen (secondary N) is 2. The lowest BCUT2D eigenvalue weighted by Gasteiger charge is -2.31. The standard InChI is InChI=1S/C17H24BrN3O2.ClH/c1-12(19-2)11-20-16(22)13-7-9-21(10-8-13)17(23)14-3-5-15(18)6-4-14;/h3-6,12-13,19H,7-11H2,1-2H3,(H,20,22);1H. The molecule has 0 saturated carbocycles. The van der Waals surface area contributed by atoms with Crippen LogP contribution in [0.2, 0.25) is 0 Å². The number of carbonyl (C=O) groups is 2. The minimum atomic E-state index is 0. The molecule has 0 spiro atoms. The zero-order valence-corrected chi connectivity index (χ0v) is 16.5. The van der Waals surface area contributed by atoms with Crippen molar-refractivity contribution in [2.24, 2.45) is 5.92 Å². The maximum absolute atomic E-state index is 12.4. The molecule has 0 radical (unpaired) electrons. The predicted octanol–water partition coefficient (Wildman–Crippen LogP) is 2.45. The lowest BCUT2D eigenvalue weighted by molar-refractivity contribution is -0.126. The quantitative estimate of drug-likeness (QED) is 0.772. The maximum atomic E-state index is 12.4. The Labute approximate surface area is 158 Å². The minimum Gasteiger partial charge on any atom is -0.354 e. The van der Waals surface area contributed by atoms with Crippen molar-refractivity contribution in [3.63, 3.8) is 0 Å². The van der Waals surface area contributed by atoms with Gasteiger partial charge in [-0.25, -0.2) is 0 Å². The average Bonchev–Trinajstić information content (AvgIpc) is 2.59. The van der Waals surface area contributed by atoms with E-state index in [9.17, 15) is 9.59 Å². The fourth-order valence-electron chi connectivity index (χ4n) is 2.62. The van der Waals surface area contributed by atoms with Gasteiger partial charge in [-0.1, -0.05) is 15.9 Å². The van der Waals surface area contributed by atoms with E-state index in [4.69, 9.17) is 0 Å². The summed E-state index contributed by atoms with van der Waals surface area (Å²) in [6, 6.07) is 7.65. The molecule has 24 heavy (non-hydrogen) atoms. The number of rotatable bonds is 5. The van der Waals surface area contributed by atoms with Gasteiger partial charge >= 0.3 is 0 Å². The smallest absolute Gasteiger partial charge is 0.253 e. The van der Waals surface area contributed by atoms with Crippen LogP contribution in [0.15, 0.2) is 28.7 Å². The molecule has 1 unspecified atom stereocenters. The van der Waals surface area contributed by atoms with Crippen molar-refractivity contribution < 1.29 is 9.59 Å². The van der Waals surface area contributed by atoms with Gasteiger partial charge in [0.1, 0.15) is 0 Å². The van der Waals surface area contributed by atoms with E-state index >= 15 is 0 Å².